The van der Waals surface area contributed by atoms with Crippen LogP contribution in [-0.4, -0.2) is 11.7 Å². The SMILES string of the molecule is FC(F)(F)C1C=CC(NC=S)=CC1. The second-order valence-electron chi connectivity index (χ2n) is 2.66. The molecule has 0 aromatic rings. The molecule has 0 spiro atoms. The molecule has 0 saturated heterocycles. The van der Waals surface area contributed by atoms with Crippen molar-refractivity contribution in [2.45, 2.75) is 12.6 Å². The normalized spacial score (nSPS) is 22.4. The third-order valence-electron chi connectivity index (χ3n) is 1.75. The van der Waals surface area contributed by atoms with Crippen LogP contribution in [0, 0.1) is 5.92 Å². The van der Waals surface area contributed by atoms with Crippen molar-refractivity contribution in [2.24, 2.45) is 5.92 Å². The molecule has 0 saturated carbocycles. The van der Waals surface area contributed by atoms with Gasteiger partial charge in [0, 0.05) is 5.70 Å². The topological polar surface area (TPSA) is 12.0 Å². The molecule has 72 valence electrons. The van der Waals surface area contributed by atoms with Gasteiger partial charge in [-0.3, -0.25) is 0 Å². The standard InChI is InChI=1S/C8H8F3NS/c9-8(10,11)6-1-3-7(4-2-6)12-5-13/h1,3-6H,2H2,(H,12,13). The summed E-state index contributed by atoms with van der Waals surface area (Å²) >= 11 is 4.50. The van der Waals surface area contributed by atoms with E-state index < -0.39 is 12.1 Å². The molecule has 0 heterocycles. The van der Waals surface area contributed by atoms with Gasteiger partial charge in [-0.2, -0.15) is 13.2 Å². The third-order valence-corrected chi connectivity index (χ3v) is 1.86. The number of allylic oxidation sites excluding steroid dienone is 3. The zero-order valence-electron chi connectivity index (χ0n) is 6.64. The smallest absolute Gasteiger partial charge is 0.353 e. The molecule has 0 amide bonds. The molecule has 0 aromatic heterocycles. The molecule has 1 aliphatic carbocycles. The molecule has 5 heteroatoms. The van der Waals surface area contributed by atoms with Crippen LogP contribution < -0.4 is 5.32 Å². The minimum Gasteiger partial charge on any atom is -0.353 e. The monoisotopic (exact) mass is 207 g/mol. The van der Waals surface area contributed by atoms with E-state index in [0.29, 0.717) is 5.70 Å². The Morgan fingerprint density at radius 2 is 2.23 bits per heavy atom. The first-order valence-electron chi connectivity index (χ1n) is 3.69. The number of hydrogen-bond acceptors (Lipinski definition) is 1. The van der Waals surface area contributed by atoms with Crippen molar-refractivity contribution in [3.63, 3.8) is 0 Å². The van der Waals surface area contributed by atoms with Gasteiger partial charge in [-0.05, 0) is 12.5 Å². The Labute approximate surface area is 79.3 Å². The van der Waals surface area contributed by atoms with Gasteiger partial charge in [0.05, 0.1) is 11.4 Å². The zero-order valence-corrected chi connectivity index (χ0v) is 7.45. The van der Waals surface area contributed by atoms with E-state index in [-0.39, 0.29) is 6.42 Å². The average Bonchev–Trinajstić information content (AvgIpc) is 2.04. The first kappa shape index (κ1) is 10.2. The summed E-state index contributed by atoms with van der Waals surface area (Å²) in [5.74, 6) is -1.36. The first-order chi connectivity index (χ1) is 6.04. The molecule has 0 radical (unpaired) electrons. The molecule has 0 aliphatic heterocycles. The van der Waals surface area contributed by atoms with E-state index in [1.54, 1.807) is 0 Å². The molecule has 1 rings (SSSR count). The van der Waals surface area contributed by atoms with Gasteiger partial charge >= 0.3 is 6.18 Å². The number of halogens is 3. The van der Waals surface area contributed by atoms with Crippen LogP contribution in [0.2, 0.25) is 0 Å². The fourth-order valence-corrected chi connectivity index (χ4v) is 1.17. The van der Waals surface area contributed by atoms with Crippen molar-refractivity contribution in [1.29, 1.82) is 0 Å². The molecule has 1 atom stereocenters. The molecule has 13 heavy (non-hydrogen) atoms. The molecule has 0 bridgehead atoms. The molecule has 1 nitrogen and oxygen atoms in total. The van der Waals surface area contributed by atoms with Gasteiger partial charge < -0.3 is 5.32 Å². The predicted molar refractivity (Wildman–Crippen MR) is 48.2 cm³/mol. The first-order valence-corrected chi connectivity index (χ1v) is 4.16. The zero-order chi connectivity index (χ0) is 9.90. The lowest BCUT2D eigenvalue weighted by Gasteiger charge is -2.18. The van der Waals surface area contributed by atoms with Gasteiger partial charge in [0.15, 0.2) is 0 Å². The predicted octanol–water partition coefficient (Wildman–Crippen LogP) is 2.56. The van der Waals surface area contributed by atoms with Gasteiger partial charge in [0.25, 0.3) is 0 Å². The maximum absolute atomic E-state index is 12.1. The maximum Gasteiger partial charge on any atom is 0.395 e. The van der Waals surface area contributed by atoms with E-state index in [0.717, 1.165) is 6.08 Å². The molecular weight excluding hydrogens is 199 g/mol. The Morgan fingerprint density at radius 1 is 1.54 bits per heavy atom. The van der Waals surface area contributed by atoms with Crippen molar-refractivity contribution >= 4 is 17.7 Å². The van der Waals surface area contributed by atoms with Crippen molar-refractivity contribution in [1.82, 2.24) is 5.32 Å². The molecule has 0 aromatic carbocycles. The van der Waals surface area contributed by atoms with Crippen LogP contribution in [0.3, 0.4) is 0 Å². The highest BCUT2D eigenvalue weighted by atomic mass is 32.1. The summed E-state index contributed by atoms with van der Waals surface area (Å²) in [6.45, 7) is 0. The highest BCUT2D eigenvalue weighted by molar-refractivity contribution is 7.78. The van der Waals surface area contributed by atoms with Crippen LogP contribution in [0.4, 0.5) is 13.2 Å². The third kappa shape index (κ3) is 2.84. The highest BCUT2D eigenvalue weighted by Gasteiger charge is 2.37. The van der Waals surface area contributed by atoms with Gasteiger partial charge in [0.1, 0.15) is 0 Å². The number of alkyl halides is 3. The Hall–Kier alpha value is -0.840. The number of thiocarbonyl (C=S) groups is 1. The Morgan fingerprint density at radius 3 is 2.62 bits per heavy atom. The lowest BCUT2D eigenvalue weighted by molar-refractivity contribution is -0.160. The fourth-order valence-electron chi connectivity index (χ4n) is 1.04. The number of rotatable bonds is 2. The van der Waals surface area contributed by atoms with Crippen molar-refractivity contribution in [2.75, 3.05) is 0 Å². The van der Waals surface area contributed by atoms with Crippen LogP contribution in [0.1, 0.15) is 6.42 Å². The maximum atomic E-state index is 12.1. The van der Waals surface area contributed by atoms with Crippen LogP contribution in [0.25, 0.3) is 0 Å². The number of nitrogens with one attached hydrogen (secondary N) is 1. The van der Waals surface area contributed by atoms with Crippen molar-refractivity contribution in [3.05, 3.63) is 23.9 Å². The summed E-state index contributed by atoms with van der Waals surface area (Å²) in [4.78, 5) is 0. The van der Waals surface area contributed by atoms with E-state index in [2.05, 4.69) is 17.5 Å². The summed E-state index contributed by atoms with van der Waals surface area (Å²) in [5, 5.41) is 2.65. The van der Waals surface area contributed by atoms with Gasteiger partial charge in [-0.25, -0.2) is 0 Å². The van der Waals surface area contributed by atoms with Crippen LogP contribution in [0.15, 0.2) is 23.9 Å². The quantitative estimate of drug-likeness (QED) is 0.698. The Bertz CT molecular complexity index is 255. The largest absolute Gasteiger partial charge is 0.395 e. The lowest BCUT2D eigenvalue weighted by Crippen LogP contribution is -2.23. The molecule has 1 aliphatic rings. The van der Waals surface area contributed by atoms with Gasteiger partial charge in [-0.1, -0.05) is 24.4 Å². The summed E-state index contributed by atoms with van der Waals surface area (Å²) < 4.78 is 36.4. The van der Waals surface area contributed by atoms with Crippen LogP contribution >= 0.6 is 12.2 Å². The average molecular weight is 207 g/mol. The minimum atomic E-state index is -4.14. The van der Waals surface area contributed by atoms with E-state index in [4.69, 9.17) is 0 Å². The molecular formula is C8H8F3NS. The van der Waals surface area contributed by atoms with Crippen molar-refractivity contribution < 1.29 is 13.2 Å². The number of hydrogen-bond donors (Lipinski definition) is 1. The summed E-state index contributed by atoms with van der Waals surface area (Å²) in [6, 6.07) is 0. The van der Waals surface area contributed by atoms with E-state index in [1.165, 1.54) is 17.6 Å². The fraction of sp³-hybridized carbons (Fsp3) is 0.375. The van der Waals surface area contributed by atoms with Crippen LogP contribution in [0.5, 0.6) is 0 Å². The molecule has 1 unspecified atom stereocenters. The Kier molecular flexibility index (Phi) is 3.08. The highest BCUT2D eigenvalue weighted by Crippen LogP contribution is 2.32. The van der Waals surface area contributed by atoms with E-state index >= 15 is 0 Å². The second-order valence-corrected chi connectivity index (χ2v) is 2.90. The van der Waals surface area contributed by atoms with Gasteiger partial charge in [-0.15, -0.1) is 0 Å². The van der Waals surface area contributed by atoms with E-state index in [9.17, 15) is 13.2 Å². The minimum absolute atomic E-state index is 0.0223. The van der Waals surface area contributed by atoms with E-state index in [1.807, 2.05) is 0 Å². The van der Waals surface area contributed by atoms with Crippen molar-refractivity contribution in [3.8, 4) is 0 Å². The summed E-state index contributed by atoms with van der Waals surface area (Å²) in [6.07, 6.45) is -0.145. The summed E-state index contributed by atoms with van der Waals surface area (Å²) in [5.41, 5.74) is 1.89. The summed E-state index contributed by atoms with van der Waals surface area (Å²) in [7, 11) is 0. The Balaban J connectivity index is 2.58. The van der Waals surface area contributed by atoms with Gasteiger partial charge in [0.2, 0.25) is 0 Å². The second kappa shape index (κ2) is 3.91. The molecule has 1 N–H and O–H groups in total. The van der Waals surface area contributed by atoms with Crippen LogP contribution in [-0.2, 0) is 0 Å². The molecule has 0 fully saturated rings. The lowest BCUT2D eigenvalue weighted by atomic mass is 9.99.